The number of benzene rings is 2. The van der Waals surface area contributed by atoms with Crippen LogP contribution >= 0.6 is 0 Å². The molecule has 134 valence electrons. The molecular formula is C21H27NO3. The van der Waals surface area contributed by atoms with Crippen LogP contribution < -0.4 is 4.74 Å². The van der Waals surface area contributed by atoms with Crippen LogP contribution in [0, 0.1) is 0 Å². The van der Waals surface area contributed by atoms with Crippen LogP contribution in [-0.2, 0) is 16.0 Å². The number of ether oxygens (including phenoxy) is 2. The minimum atomic E-state index is -0.168. The topological polar surface area (TPSA) is 38.8 Å². The van der Waals surface area contributed by atoms with Crippen molar-refractivity contribution in [2.45, 2.75) is 19.3 Å². The molecule has 0 fully saturated rings. The maximum atomic E-state index is 11.1. The monoisotopic (exact) mass is 341 g/mol. The van der Waals surface area contributed by atoms with Gasteiger partial charge in [0.25, 0.3) is 0 Å². The first kappa shape index (κ1) is 19.0. The number of carbonyl (C=O) groups excluding carboxylic acids is 1. The third-order valence-corrected chi connectivity index (χ3v) is 4.05. The van der Waals surface area contributed by atoms with Gasteiger partial charge in [-0.1, -0.05) is 42.5 Å². The molecule has 0 atom stereocenters. The van der Waals surface area contributed by atoms with Crippen LogP contribution in [0.3, 0.4) is 0 Å². The Labute approximate surface area is 150 Å². The molecule has 2 aromatic rings. The van der Waals surface area contributed by atoms with Crippen LogP contribution in [0.25, 0.3) is 0 Å². The summed E-state index contributed by atoms with van der Waals surface area (Å²) in [5.74, 6) is 0.729. The Balaban J connectivity index is 1.65. The number of rotatable bonds is 10. The van der Waals surface area contributed by atoms with Gasteiger partial charge < -0.3 is 14.4 Å². The van der Waals surface area contributed by atoms with Crippen molar-refractivity contribution in [2.75, 3.05) is 33.9 Å². The van der Waals surface area contributed by atoms with Crippen LogP contribution in [0.2, 0.25) is 0 Å². The lowest BCUT2D eigenvalue weighted by Gasteiger charge is -2.16. The lowest BCUT2D eigenvalue weighted by Crippen LogP contribution is -2.24. The van der Waals surface area contributed by atoms with Crippen LogP contribution in [0.15, 0.2) is 54.6 Å². The van der Waals surface area contributed by atoms with E-state index >= 15 is 0 Å². The molecule has 0 aliphatic carbocycles. The van der Waals surface area contributed by atoms with Crippen molar-refractivity contribution >= 4 is 5.97 Å². The third-order valence-electron chi connectivity index (χ3n) is 4.05. The predicted octanol–water partition coefficient (Wildman–Crippen LogP) is 3.54. The molecule has 0 aliphatic heterocycles. The summed E-state index contributed by atoms with van der Waals surface area (Å²) in [5, 5.41) is 0. The first-order chi connectivity index (χ1) is 12.2. The smallest absolute Gasteiger partial charge is 0.306 e. The fraction of sp³-hybridized carbons (Fsp3) is 0.381. The second-order valence-electron chi connectivity index (χ2n) is 6.14. The van der Waals surface area contributed by atoms with E-state index < -0.39 is 0 Å². The minimum Gasteiger partial charge on any atom is -0.494 e. The Morgan fingerprint density at radius 3 is 2.32 bits per heavy atom. The van der Waals surface area contributed by atoms with Gasteiger partial charge in [-0.05, 0) is 43.1 Å². The Morgan fingerprint density at radius 2 is 1.64 bits per heavy atom. The zero-order valence-electron chi connectivity index (χ0n) is 15.1. The zero-order valence-corrected chi connectivity index (χ0v) is 15.1. The second kappa shape index (κ2) is 10.5. The summed E-state index contributed by atoms with van der Waals surface area (Å²) in [5.41, 5.74) is 2.59. The molecule has 25 heavy (non-hydrogen) atoms. The van der Waals surface area contributed by atoms with Gasteiger partial charge in [-0.15, -0.1) is 0 Å². The Morgan fingerprint density at radius 1 is 0.960 bits per heavy atom. The molecule has 0 saturated carbocycles. The fourth-order valence-electron chi connectivity index (χ4n) is 2.56. The molecule has 0 N–H and O–H groups in total. The van der Waals surface area contributed by atoms with E-state index in [9.17, 15) is 4.79 Å². The Bertz CT molecular complexity index is 625. The van der Waals surface area contributed by atoms with E-state index in [2.05, 4.69) is 46.0 Å². The number of esters is 1. The molecule has 0 unspecified atom stereocenters. The quantitative estimate of drug-likeness (QED) is 0.489. The normalized spacial score (nSPS) is 10.7. The van der Waals surface area contributed by atoms with E-state index in [-0.39, 0.29) is 5.97 Å². The fourth-order valence-corrected chi connectivity index (χ4v) is 2.56. The van der Waals surface area contributed by atoms with E-state index in [1.807, 2.05) is 25.2 Å². The van der Waals surface area contributed by atoms with Gasteiger partial charge in [-0.3, -0.25) is 4.79 Å². The average molecular weight is 341 g/mol. The van der Waals surface area contributed by atoms with Gasteiger partial charge in [0.1, 0.15) is 5.75 Å². The van der Waals surface area contributed by atoms with Crippen molar-refractivity contribution in [1.82, 2.24) is 4.90 Å². The largest absolute Gasteiger partial charge is 0.494 e. The van der Waals surface area contributed by atoms with Crippen LogP contribution in [0.1, 0.15) is 24.0 Å². The Hall–Kier alpha value is -2.33. The van der Waals surface area contributed by atoms with Gasteiger partial charge in [-0.2, -0.15) is 0 Å². The molecule has 0 saturated heterocycles. The third kappa shape index (κ3) is 7.40. The molecule has 2 rings (SSSR count). The van der Waals surface area contributed by atoms with Crippen molar-refractivity contribution in [2.24, 2.45) is 0 Å². The molecule has 0 radical (unpaired) electrons. The molecule has 0 bridgehead atoms. The molecular weight excluding hydrogens is 314 g/mol. The molecule has 0 aliphatic rings. The van der Waals surface area contributed by atoms with Gasteiger partial charge in [0.15, 0.2) is 0 Å². The number of carbonyl (C=O) groups is 1. The summed E-state index contributed by atoms with van der Waals surface area (Å²) >= 11 is 0. The summed E-state index contributed by atoms with van der Waals surface area (Å²) in [7, 11) is 3.42. The molecule has 4 nitrogen and oxygen atoms in total. The van der Waals surface area contributed by atoms with E-state index in [0.717, 1.165) is 25.1 Å². The maximum absolute atomic E-state index is 11.1. The van der Waals surface area contributed by atoms with Crippen molar-refractivity contribution in [1.29, 1.82) is 0 Å². The average Bonchev–Trinajstić information content (AvgIpc) is 2.65. The number of hydrogen-bond donors (Lipinski definition) is 0. The molecule has 0 aromatic heterocycles. The summed E-state index contributed by atoms with van der Waals surface area (Å²) in [4.78, 5) is 13.2. The van der Waals surface area contributed by atoms with Crippen molar-refractivity contribution < 1.29 is 14.3 Å². The van der Waals surface area contributed by atoms with Crippen molar-refractivity contribution in [3.05, 3.63) is 65.7 Å². The number of hydrogen-bond acceptors (Lipinski definition) is 4. The molecule has 2 aromatic carbocycles. The maximum Gasteiger partial charge on any atom is 0.306 e. The van der Waals surface area contributed by atoms with Crippen LogP contribution in [0.5, 0.6) is 5.75 Å². The van der Waals surface area contributed by atoms with Gasteiger partial charge in [-0.25, -0.2) is 0 Å². The SMILES string of the molecule is COC(=O)CCN(C)CCCOc1ccc(Cc2ccccc2)cc1. The Kier molecular flexibility index (Phi) is 7.99. The number of methoxy groups -OCH3 is 1. The van der Waals surface area contributed by atoms with E-state index in [1.54, 1.807) is 0 Å². The molecule has 0 spiro atoms. The summed E-state index contributed by atoms with van der Waals surface area (Å²) in [6.45, 7) is 2.27. The standard InChI is InChI=1S/C21H27NO3/c1-22(15-13-21(23)24-2)14-6-16-25-20-11-9-19(10-12-20)17-18-7-4-3-5-8-18/h3-5,7-12H,6,13-17H2,1-2H3. The summed E-state index contributed by atoms with van der Waals surface area (Å²) < 4.78 is 10.4. The first-order valence-electron chi connectivity index (χ1n) is 8.68. The predicted molar refractivity (Wildman–Crippen MR) is 99.9 cm³/mol. The minimum absolute atomic E-state index is 0.168. The molecule has 0 heterocycles. The van der Waals surface area contributed by atoms with Gasteiger partial charge in [0, 0.05) is 13.1 Å². The molecule has 0 amide bonds. The zero-order chi connectivity index (χ0) is 17.9. The molecule has 4 heteroatoms. The summed E-state index contributed by atoms with van der Waals surface area (Å²) in [6.07, 6.45) is 2.28. The second-order valence-corrected chi connectivity index (χ2v) is 6.14. The lowest BCUT2D eigenvalue weighted by molar-refractivity contribution is -0.140. The highest BCUT2D eigenvalue weighted by atomic mass is 16.5. The highest BCUT2D eigenvalue weighted by molar-refractivity contribution is 5.69. The highest BCUT2D eigenvalue weighted by Crippen LogP contribution is 2.15. The van der Waals surface area contributed by atoms with Crippen molar-refractivity contribution in [3.8, 4) is 5.75 Å². The van der Waals surface area contributed by atoms with Crippen LogP contribution in [-0.4, -0.2) is 44.7 Å². The van der Waals surface area contributed by atoms with Gasteiger partial charge in [0.2, 0.25) is 0 Å². The van der Waals surface area contributed by atoms with E-state index in [4.69, 9.17) is 4.74 Å². The first-order valence-corrected chi connectivity index (χ1v) is 8.68. The lowest BCUT2D eigenvalue weighted by atomic mass is 10.1. The van der Waals surface area contributed by atoms with E-state index in [0.29, 0.717) is 19.6 Å². The van der Waals surface area contributed by atoms with E-state index in [1.165, 1.54) is 18.2 Å². The highest BCUT2D eigenvalue weighted by Gasteiger charge is 2.04. The summed E-state index contributed by atoms with van der Waals surface area (Å²) in [6, 6.07) is 18.7. The number of nitrogens with zero attached hydrogens (tertiary/aromatic N) is 1. The van der Waals surface area contributed by atoms with Crippen molar-refractivity contribution in [3.63, 3.8) is 0 Å². The van der Waals surface area contributed by atoms with Gasteiger partial charge in [0.05, 0.1) is 20.1 Å². The van der Waals surface area contributed by atoms with Gasteiger partial charge >= 0.3 is 5.97 Å². The van der Waals surface area contributed by atoms with Crippen LogP contribution in [0.4, 0.5) is 0 Å².